The molecule has 0 aromatic rings. The van der Waals surface area contributed by atoms with Gasteiger partial charge in [-0.05, 0) is 43.9 Å². The Morgan fingerprint density at radius 2 is 1.94 bits per heavy atom. The third-order valence-corrected chi connectivity index (χ3v) is 4.60. The molecule has 0 spiro atoms. The van der Waals surface area contributed by atoms with E-state index >= 15 is 0 Å². The molecule has 2 fully saturated rings. The van der Waals surface area contributed by atoms with Gasteiger partial charge in [-0.25, -0.2) is 0 Å². The van der Waals surface area contributed by atoms with Gasteiger partial charge in [0.1, 0.15) is 5.41 Å². The van der Waals surface area contributed by atoms with E-state index in [1.807, 2.05) is 4.90 Å². The van der Waals surface area contributed by atoms with E-state index in [9.17, 15) is 10.1 Å². The van der Waals surface area contributed by atoms with Crippen LogP contribution in [0, 0.1) is 28.6 Å². The maximum Gasteiger partial charge on any atom is 0.243 e. The maximum absolute atomic E-state index is 12.3. The van der Waals surface area contributed by atoms with Gasteiger partial charge in [-0.15, -0.1) is 0 Å². The summed E-state index contributed by atoms with van der Waals surface area (Å²) < 4.78 is 0. The fraction of sp³-hybridized carbons (Fsp3) is 0.857. The molecule has 0 atom stereocenters. The smallest absolute Gasteiger partial charge is 0.243 e. The van der Waals surface area contributed by atoms with Crippen molar-refractivity contribution < 1.29 is 4.79 Å². The first-order chi connectivity index (χ1) is 8.09. The van der Waals surface area contributed by atoms with Crippen LogP contribution in [-0.2, 0) is 4.79 Å². The third kappa shape index (κ3) is 2.18. The van der Waals surface area contributed by atoms with Gasteiger partial charge in [0.05, 0.1) is 6.07 Å². The molecular weight excluding hydrogens is 212 g/mol. The predicted octanol–water partition coefficient (Wildman–Crippen LogP) is 2.57. The maximum atomic E-state index is 12.3. The van der Waals surface area contributed by atoms with Crippen molar-refractivity contribution in [1.29, 1.82) is 5.26 Å². The second-order valence-electron chi connectivity index (χ2n) is 5.92. The number of nitriles is 1. The Kier molecular flexibility index (Phi) is 3.42. The van der Waals surface area contributed by atoms with Gasteiger partial charge in [0.2, 0.25) is 5.91 Å². The van der Waals surface area contributed by atoms with Crippen molar-refractivity contribution in [1.82, 2.24) is 4.90 Å². The lowest BCUT2D eigenvalue weighted by Crippen LogP contribution is -2.50. The molecule has 0 radical (unpaired) electrons. The van der Waals surface area contributed by atoms with Crippen molar-refractivity contribution in [2.45, 2.75) is 46.0 Å². The number of piperidine rings is 1. The summed E-state index contributed by atoms with van der Waals surface area (Å²) in [6, 6.07) is 2.25. The standard InChI is InChI=1S/C14H22N2O/c1-11(2)12-4-8-16(9-5-12)13(17)14(10-15)6-3-7-14/h11-12H,3-9H2,1-2H3. The zero-order valence-electron chi connectivity index (χ0n) is 10.9. The number of carbonyl (C=O) groups is 1. The van der Waals surface area contributed by atoms with Gasteiger partial charge in [0.25, 0.3) is 0 Å². The second kappa shape index (κ2) is 4.68. The number of hydrogen-bond acceptors (Lipinski definition) is 2. The minimum Gasteiger partial charge on any atom is -0.341 e. The number of likely N-dealkylation sites (tertiary alicyclic amines) is 1. The molecule has 0 aromatic carbocycles. The van der Waals surface area contributed by atoms with Gasteiger partial charge >= 0.3 is 0 Å². The number of hydrogen-bond donors (Lipinski definition) is 0. The van der Waals surface area contributed by atoms with Crippen molar-refractivity contribution in [3.63, 3.8) is 0 Å². The quantitative estimate of drug-likeness (QED) is 0.737. The highest BCUT2D eigenvalue weighted by molar-refractivity contribution is 5.86. The van der Waals surface area contributed by atoms with Crippen LogP contribution in [0.4, 0.5) is 0 Å². The van der Waals surface area contributed by atoms with E-state index < -0.39 is 5.41 Å². The molecule has 94 valence electrons. The van der Waals surface area contributed by atoms with Gasteiger partial charge in [-0.1, -0.05) is 13.8 Å². The Hall–Kier alpha value is -1.04. The number of amides is 1. The number of nitrogens with zero attached hydrogens (tertiary/aromatic N) is 2. The normalized spacial score (nSPS) is 24.2. The second-order valence-corrected chi connectivity index (χ2v) is 5.92. The molecule has 0 bridgehead atoms. The summed E-state index contributed by atoms with van der Waals surface area (Å²) in [5.41, 5.74) is -0.648. The average Bonchev–Trinajstić information content (AvgIpc) is 2.28. The molecule has 1 heterocycles. The zero-order valence-corrected chi connectivity index (χ0v) is 10.9. The van der Waals surface area contributed by atoms with Crippen LogP contribution in [0.25, 0.3) is 0 Å². The minimum atomic E-state index is -0.648. The van der Waals surface area contributed by atoms with Gasteiger partial charge in [-0.3, -0.25) is 4.79 Å². The van der Waals surface area contributed by atoms with E-state index in [0.717, 1.165) is 51.1 Å². The van der Waals surface area contributed by atoms with Crippen molar-refractivity contribution in [3.8, 4) is 6.07 Å². The van der Waals surface area contributed by atoms with Crippen molar-refractivity contribution >= 4 is 5.91 Å². The highest BCUT2D eigenvalue weighted by atomic mass is 16.2. The molecule has 1 saturated carbocycles. The summed E-state index contributed by atoms with van der Waals surface area (Å²) in [5, 5.41) is 9.18. The zero-order chi connectivity index (χ0) is 12.5. The highest BCUT2D eigenvalue weighted by Crippen LogP contribution is 2.42. The Morgan fingerprint density at radius 1 is 1.35 bits per heavy atom. The molecule has 1 aliphatic heterocycles. The van der Waals surface area contributed by atoms with Crippen LogP contribution >= 0.6 is 0 Å². The summed E-state index contributed by atoms with van der Waals surface area (Å²) >= 11 is 0. The van der Waals surface area contributed by atoms with Crippen LogP contribution in [0.5, 0.6) is 0 Å². The van der Waals surface area contributed by atoms with Crippen molar-refractivity contribution in [3.05, 3.63) is 0 Å². The Bertz CT molecular complexity index is 331. The monoisotopic (exact) mass is 234 g/mol. The van der Waals surface area contributed by atoms with Crippen LogP contribution in [0.15, 0.2) is 0 Å². The molecule has 0 aromatic heterocycles. The molecule has 1 saturated heterocycles. The highest BCUT2D eigenvalue weighted by Gasteiger charge is 2.47. The first kappa shape index (κ1) is 12.4. The molecular formula is C14H22N2O. The molecule has 17 heavy (non-hydrogen) atoms. The van der Waals surface area contributed by atoms with E-state index in [0.29, 0.717) is 5.92 Å². The van der Waals surface area contributed by atoms with Crippen LogP contribution < -0.4 is 0 Å². The first-order valence-electron chi connectivity index (χ1n) is 6.80. The summed E-state index contributed by atoms with van der Waals surface area (Å²) in [7, 11) is 0. The Morgan fingerprint density at radius 3 is 2.29 bits per heavy atom. The number of carbonyl (C=O) groups excluding carboxylic acids is 1. The van der Waals surface area contributed by atoms with Gasteiger partial charge in [0, 0.05) is 13.1 Å². The Labute approximate surface area is 104 Å². The van der Waals surface area contributed by atoms with Crippen LogP contribution in [-0.4, -0.2) is 23.9 Å². The number of rotatable bonds is 2. The van der Waals surface area contributed by atoms with E-state index in [-0.39, 0.29) is 5.91 Å². The molecule has 1 aliphatic carbocycles. The molecule has 2 aliphatic rings. The van der Waals surface area contributed by atoms with E-state index in [4.69, 9.17) is 0 Å². The lowest BCUT2D eigenvalue weighted by molar-refractivity contribution is -0.144. The topological polar surface area (TPSA) is 44.1 Å². The predicted molar refractivity (Wildman–Crippen MR) is 66.0 cm³/mol. The molecule has 0 N–H and O–H groups in total. The minimum absolute atomic E-state index is 0.105. The molecule has 3 heteroatoms. The SMILES string of the molecule is CC(C)C1CCN(C(=O)C2(C#N)CCC2)CC1. The van der Waals surface area contributed by atoms with Gasteiger partial charge in [0.15, 0.2) is 0 Å². The van der Waals surface area contributed by atoms with Gasteiger partial charge in [-0.2, -0.15) is 5.26 Å². The Balaban J connectivity index is 1.93. The van der Waals surface area contributed by atoms with Crippen molar-refractivity contribution in [2.24, 2.45) is 17.3 Å². The van der Waals surface area contributed by atoms with Crippen molar-refractivity contribution in [2.75, 3.05) is 13.1 Å². The first-order valence-corrected chi connectivity index (χ1v) is 6.80. The average molecular weight is 234 g/mol. The molecule has 0 unspecified atom stereocenters. The van der Waals surface area contributed by atoms with Crippen LogP contribution in [0.1, 0.15) is 46.0 Å². The fourth-order valence-electron chi connectivity index (χ4n) is 2.98. The molecule has 2 rings (SSSR count). The molecule has 1 amide bonds. The van der Waals surface area contributed by atoms with E-state index in [2.05, 4.69) is 19.9 Å². The fourth-order valence-corrected chi connectivity index (χ4v) is 2.98. The molecule has 3 nitrogen and oxygen atoms in total. The lowest BCUT2D eigenvalue weighted by atomic mass is 9.68. The van der Waals surface area contributed by atoms with Gasteiger partial charge < -0.3 is 4.90 Å². The van der Waals surface area contributed by atoms with Crippen LogP contribution in [0.2, 0.25) is 0 Å². The summed E-state index contributed by atoms with van der Waals surface area (Å²) in [6.07, 6.45) is 4.77. The summed E-state index contributed by atoms with van der Waals surface area (Å²) in [6.45, 7) is 6.21. The van der Waals surface area contributed by atoms with Crippen LogP contribution in [0.3, 0.4) is 0 Å². The summed E-state index contributed by atoms with van der Waals surface area (Å²) in [4.78, 5) is 14.2. The van der Waals surface area contributed by atoms with E-state index in [1.54, 1.807) is 0 Å². The van der Waals surface area contributed by atoms with E-state index in [1.165, 1.54) is 0 Å². The lowest BCUT2D eigenvalue weighted by Gasteiger charge is -2.41. The largest absolute Gasteiger partial charge is 0.341 e. The summed E-state index contributed by atoms with van der Waals surface area (Å²) in [5.74, 6) is 1.56. The third-order valence-electron chi connectivity index (χ3n) is 4.60.